The van der Waals surface area contributed by atoms with Gasteiger partial charge in [-0.25, -0.2) is 24.5 Å². The maximum Gasteiger partial charge on any atom is 0.246 e. The fourth-order valence-corrected chi connectivity index (χ4v) is 4.41. The van der Waals surface area contributed by atoms with Crippen LogP contribution in [-0.4, -0.2) is 66.5 Å². The summed E-state index contributed by atoms with van der Waals surface area (Å²) in [5, 5.41) is 7.58. The van der Waals surface area contributed by atoms with Crippen molar-refractivity contribution in [2.24, 2.45) is 0 Å². The van der Waals surface area contributed by atoms with E-state index in [9.17, 15) is 4.79 Å². The van der Waals surface area contributed by atoms with Crippen LogP contribution in [0.15, 0.2) is 74.0 Å². The molecule has 0 bridgehead atoms. The molecule has 1 saturated heterocycles. The molecule has 38 heavy (non-hydrogen) atoms. The largest absolute Gasteiger partial charge is 0.457 e. The number of fused-ring (bicyclic) bond motifs is 2. The first kappa shape index (κ1) is 23.3. The molecule has 0 unspecified atom stereocenters. The van der Waals surface area contributed by atoms with E-state index in [2.05, 4.69) is 36.8 Å². The minimum Gasteiger partial charge on any atom is -0.457 e. The molecule has 5 aromatic rings. The molecule has 1 aliphatic rings. The number of aromatic nitrogens is 6. The number of nitrogens with one attached hydrogen (secondary N) is 1. The fraction of sp³-hybridized carbons (Fsp3) is 0.185. The van der Waals surface area contributed by atoms with Gasteiger partial charge in [-0.1, -0.05) is 6.58 Å². The second-order valence-electron chi connectivity index (χ2n) is 8.91. The Morgan fingerprint density at radius 2 is 1.95 bits per heavy atom. The number of benzene rings is 1. The van der Waals surface area contributed by atoms with Crippen LogP contribution in [0.25, 0.3) is 16.6 Å². The summed E-state index contributed by atoms with van der Waals surface area (Å²) in [6.07, 6.45) is 8.16. The number of carbonyl (C=O) groups excluding carboxylic acids is 1. The Morgan fingerprint density at radius 1 is 1.08 bits per heavy atom. The highest BCUT2D eigenvalue weighted by molar-refractivity contribution is 5.88. The van der Waals surface area contributed by atoms with Gasteiger partial charge in [0, 0.05) is 50.3 Å². The summed E-state index contributed by atoms with van der Waals surface area (Å²) in [6.45, 7) is 8.01. The molecule has 1 N–H and O–H groups in total. The molecule has 0 atom stereocenters. The van der Waals surface area contributed by atoms with Crippen molar-refractivity contribution < 1.29 is 9.53 Å². The van der Waals surface area contributed by atoms with Crippen molar-refractivity contribution in [1.29, 1.82) is 0 Å². The molecule has 1 aliphatic heterocycles. The Hall–Kier alpha value is -5.06. The van der Waals surface area contributed by atoms with Crippen molar-refractivity contribution >= 4 is 39.9 Å². The van der Waals surface area contributed by atoms with Gasteiger partial charge in [-0.05, 0) is 48.9 Å². The van der Waals surface area contributed by atoms with E-state index in [1.54, 1.807) is 21.8 Å². The van der Waals surface area contributed by atoms with E-state index in [1.807, 2.05) is 49.5 Å². The summed E-state index contributed by atoms with van der Waals surface area (Å²) >= 11 is 0. The molecule has 11 nitrogen and oxygen atoms in total. The van der Waals surface area contributed by atoms with E-state index in [4.69, 9.17) is 9.72 Å². The van der Waals surface area contributed by atoms with Gasteiger partial charge in [-0.3, -0.25) is 4.79 Å². The lowest BCUT2D eigenvalue weighted by Crippen LogP contribution is -2.48. The average molecular weight is 508 g/mol. The standard InChI is InChI=1S/C27H25N9O2/c1-3-24(37)34-10-12-35(13-11-34)27-28-16-22-25(33-27)26(30-17-29-22)32-19-4-5-23(18(2)14-19)38-21-7-9-36-20(15-21)6-8-31-36/h3-9,14-17H,1,10-13H2,2H3,(H,29,30,32). The fourth-order valence-electron chi connectivity index (χ4n) is 4.41. The van der Waals surface area contributed by atoms with Crippen molar-refractivity contribution in [3.8, 4) is 11.5 Å². The Kier molecular flexibility index (Phi) is 6.00. The average Bonchev–Trinajstić information content (AvgIpc) is 3.42. The number of ether oxygens (including phenoxy) is 1. The Morgan fingerprint density at radius 3 is 2.76 bits per heavy atom. The van der Waals surface area contributed by atoms with Crippen molar-refractivity contribution in [1.82, 2.24) is 34.4 Å². The van der Waals surface area contributed by atoms with E-state index in [0.29, 0.717) is 49.0 Å². The van der Waals surface area contributed by atoms with Crippen LogP contribution in [0.5, 0.6) is 11.5 Å². The molecule has 1 fully saturated rings. The zero-order valence-electron chi connectivity index (χ0n) is 20.8. The number of nitrogens with zero attached hydrogens (tertiary/aromatic N) is 8. The van der Waals surface area contributed by atoms with Crippen LogP contribution in [0.1, 0.15) is 5.56 Å². The Balaban J connectivity index is 1.21. The van der Waals surface area contributed by atoms with Crippen molar-refractivity contribution in [3.05, 3.63) is 79.5 Å². The summed E-state index contributed by atoms with van der Waals surface area (Å²) in [6, 6.07) is 11.6. The highest BCUT2D eigenvalue weighted by Gasteiger charge is 2.22. The number of hydrogen-bond acceptors (Lipinski definition) is 9. The Labute approximate surface area is 218 Å². The lowest BCUT2D eigenvalue weighted by molar-refractivity contribution is -0.126. The maximum atomic E-state index is 11.9. The minimum atomic E-state index is -0.0601. The monoisotopic (exact) mass is 507 g/mol. The quantitative estimate of drug-likeness (QED) is 0.343. The van der Waals surface area contributed by atoms with Gasteiger partial charge in [0.05, 0.1) is 11.7 Å². The van der Waals surface area contributed by atoms with E-state index >= 15 is 0 Å². The molecular formula is C27H25N9O2. The van der Waals surface area contributed by atoms with Gasteiger partial charge in [0.1, 0.15) is 28.9 Å². The number of carbonyl (C=O) groups is 1. The van der Waals surface area contributed by atoms with E-state index in [1.165, 1.54) is 12.4 Å². The molecule has 1 amide bonds. The molecule has 0 saturated carbocycles. The second kappa shape index (κ2) is 9.77. The minimum absolute atomic E-state index is 0.0601. The number of amides is 1. The number of aryl methyl sites for hydroxylation is 1. The van der Waals surface area contributed by atoms with Gasteiger partial charge in [0.15, 0.2) is 5.82 Å². The van der Waals surface area contributed by atoms with Crippen LogP contribution in [0, 0.1) is 6.92 Å². The zero-order chi connectivity index (χ0) is 26.1. The van der Waals surface area contributed by atoms with Crippen molar-refractivity contribution in [2.45, 2.75) is 6.92 Å². The van der Waals surface area contributed by atoms with Crippen LogP contribution in [-0.2, 0) is 4.79 Å². The maximum absolute atomic E-state index is 11.9. The smallest absolute Gasteiger partial charge is 0.246 e. The second-order valence-corrected chi connectivity index (χ2v) is 8.91. The number of anilines is 3. The summed E-state index contributed by atoms with van der Waals surface area (Å²) in [4.78, 5) is 33.8. The van der Waals surface area contributed by atoms with Crippen LogP contribution < -0.4 is 15.0 Å². The lowest BCUT2D eigenvalue weighted by Gasteiger charge is -2.34. The molecule has 0 spiro atoms. The molecule has 1 aromatic carbocycles. The summed E-state index contributed by atoms with van der Waals surface area (Å²) < 4.78 is 7.91. The first-order chi connectivity index (χ1) is 18.6. The van der Waals surface area contributed by atoms with Gasteiger partial charge in [-0.15, -0.1) is 0 Å². The van der Waals surface area contributed by atoms with Crippen LogP contribution in [0.3, 0.4) is 0 Å². The SMILES string of the molecule is C=CC(=O)N1CCN(c2ncc3ncnc(Nc4ccc(Oc5ccn6nccc6c5)c(C)c4)c3n2)CC1. The van der Waals surface area contributed by atoms with Crippen LogP contribution in [0.4, 0.5) is 17.5 Å². The van der Waals surface area contributed by atoms with E-state index in [0.717, 1.165) is 28.3 Å². The number of piperazine rings is 1. The van der Waals surface area contributed by atoms with Gasteiger partial charge in [0.2, 0.25) is 11.9 Å². The molecule has 4 aromatic heterocycles. The molecule has 190 valence electrons. The molecule has 6 rings (SSSR count). The Bertz CT molecular complexity index is 1660. The number of rotatable bonds is 6. The normalized spacial score (nSPS) is 13.6. The predicted octanol–water partition coefficient (Wildman–Crippen LogP) is 3.75. The van der Waals surface area contributed by atoms with Gasteiger partial charge < -0.3 is 19.9 Å². The third-order valence-corrected chi connectivity index (χ3v) is 6.45. The lowest BCUT2D eigenvalue weighted by atomic mass is 10.2. The van der Waals surface area contributed by atoms with Crippen molar-refractivity contribution in [3.63, 3.8) is 0 Å². The van der Waals surface area contributed by atoms with Crippen molar-refractivity contribution in [2.75, 3.05) is 36.4 Å². The number of pyridine rings is 1. The highest BCUT2D eigenvalue weighted by atomic mass is 16.5. The first-order valence-corrected chi connectivity index (χ1v) is 12.2. The topological polar surface area (TPSA) is 114 Å². The number of hydrogen-bond donors (Lipinski definition) is 1. The van der Waals surface area contributed by atoms with Gasteiger partial charge >= 0.3 is 0 Å². The van der Waals surface area contributed by atoms with E-state index in [-0.39, 0.29) is 5.91 Å². The molecule has 0 aliphatic carbocycles. The first-order valence-electron chi connectivity index (χ1n) is 12.2. The highest BCUT2D eigenvalue weighted by Crippen LogP contribution is 2.30. The third kappa shape index (κ3) is 4.57. The molecule has 11 heteroatoms. The third-order valence-electron chi connectivity index (χ3n) is 6.45. The van der Waals surface area contributed by atoms with E-state index < -0.39 is 0 Å². The summed E-state index contributed by atoms with van der Waals surface area (Å²) in [7, 11) is 0. The summed E-state index contributed by atoms with van der Waals surface area (Å²) in [5.41, 5.74) is 4.03. The van der Waals surface area contributed by atoms with Gasteiger partial charge in [0.25, 0.3) is 0 Å². The van der Waals surface area contributed by atoms with Gasteiger partial charge in [-0.2, -0.15) is 5.10 Å². The summed E-state index contributed by atoms with van der Waals surface area (Å²) in [5.74, 6) is 2.60. The molecule has 0 radical (unpaired) electrons. The molecule has 5 heterocycles. The van der Waals surface area contributed by atoms with Crippen LogP contribution in [0.2, 0.25) is 0 Å². The van der Waals surface area contributed by atoms with Crippen LogP contribution >= 0.6 is 0 Å². The predicted molar refractivity (Wildman–Crippen MR) is 144 cm³/mol. The molecular weight excluding hydrogens is 482 g/mol. The zero-order valence-corrected chi connectivity index (χ0v) is 20.8.